The van der Waals surface area contributed by atoms with Crippen LogP contribution in [0.3, 0.4) is 0 Å². The van der Waals surface area contributed by atoms with Crippen molar-refractivity contribution in [1.82, 2.24) is 0 Å². The second-order valence-corrected chi connectivity index (χ2v) is 11.0. The van der Waals surface area contributed by atoms with Gasteiger partial charge in [0.15, 0.2) is 0 Å². The van der Waals surface area contributed by atoms with Crippen molar-refractivity contribution >= 4 is 58.4 Å². The number of hydrogen-bond donors (Lipinski definition) is 4. The zero-order valence-electron chi connectivity index (χ0n) is 18.5. The fourth-order valence-electron chi connectivity index (χ4n) is 2.99. The van der Waals surface area contributed by atoms with Crippen molar-refractivity contribution in [3.63, 3.8) is 0 Å². The van der Waals surface area contributed by atoms with Crippen molar-refractivity contribution in [2.24, 2.45) is 4.99 Å². The van der Waals surface area contributed by atoms with Gasteiger partial charge in [-0.2, -0.15) is 25.3 Å². The van der Waals surface area contributed by atoms with Crippen LogP contribution in [0.15, 0.2) is 62.1 Å². The molecule has 176 valence electrons. The van der Waals surface area contributed by atoms with E-state index in [0.29, 0.717) is 17.7 Å². The van der Waals surface area contributed by atoms with Gasteiger partial charge in [0.05, 0.1) is 10.6 Å². The van der Waals surface area contributed by atoms with E-state index in [9.17, 15) is 44.0 Å². The summed E-state index contributed by atoms with van der Waals surface area (Å²) in [7, 11) is -15.4. The molecule has 3 aromatic carbocycles. The average molecular weight is 562 g/mol. The van der Waals surface area contributed by atoms with E-state index < -0.39 is 67.4 Å². The monoisotopic (exact) mass is 561 g/mol. The quantitative estimate of drug-likeness (QED) is 0.0758. The number of aliphatic imine (C=N–C) groups is 1. The third-order valence-electron chi connectivity index (χ3n) is 4.59. The zero-order valence-corrected chi connectivity index (χ0v) is 24.9. The van der Waals surface area contributed by atoms with Gasteiger partial charge in [0, 0.05) is 16.5 Å². The molecule has 0 aromatic heterocycles. The van der Waals surface area contributed by atoms with Crippen molar-refractivity contribution < 1.29 is 103 Å². The first-order chi connectivity index (χ1) is 15.0. The van der Waals surface area contributed by atoms with E-state index in [-0.39, 0.29) is 70.4 Å². The van der Waals surface area contributed by atoms with E-state index in [1.807, 2.05) is 0 Å². The number of nitrogen functional groups attached to an aromatic ring is 1. The molecule has 17 heteroatoms. The topological polar surface area (TPSA) is 225 Å². The molecular weight excluding hydrogens is 546 g/mol. The maximum Gasteiger partial charge on any atom is 1.00 e. The van der Waals surface area contributed by atoms with Crippen LogP contribution in [0.25, 0.3) is 10.8 Å². The molecule has 0 fully saturated rings. The Morgan fingerprint density at radius 3 is 1.89 bits per heavy atom. The molecule has 0 saturated carbocycles. The van der Waals surface area contributed by atoms with Crippen LogP contribution >= 0.6 is 0 Å². The molecule has 12 nitrogen and oxygen atoms in total. The number of benzene rings is 3. The van der Waals surface area contributed by atoms with Gasteiger partial charge in [-0.1, -0.05) is 12.1 Å². The van der Waals surface area contributed by atoms with Gasteiger partial charge in [0.1, 0.15) is 9.79 Å². The predicted octanol–water partition coefficient (Wildman–Crippen LogP) is -5.08. The van der Waals surface area contributed by atoms with Crippen LogP contribution < -0.4 is 70.0 Å². The van der Waals surface area contributed by atoms with Crippen LogP contribution in [-0.4, -0.2) is 44.8 Å². The molecule has 0 heterocycles. The van der Waals surface area contributed by atoms with Crippen molar-refractivity contribution in [3.05, 3.63) is 53.6 Å². The van der Waals surface area contributed by atoms with E-state index in [2.05, 4.69) is 4.99 Å². The second kappa shape index (κ2) is 11.1. The van der Waals surface area contributed by atoms with Crippen LogP contribution in [-0.2, 0) is 30.4 Å². The van der Waals surface area contributed by atoms with Gasteiger partial charge < -0.3 is 10.8 Å². The smallest absolute Gasteiger partial charge is 0.858 e. The number of rotatable bonds is 5. The summed E-state index contributed by atoms with van der Waals surface area (Å²) in [6.45, 7) is 1.69. The first-order valence-electron chi connectivity index (χ1n) is 8.65. The SMILES string of the molecule is Cc1ccc(C([O-])=Nc2ccc(S(=O)(=O)O)c3cc(S(=O)(=O)O)cc(S(=O)(=O)O)c23)cc1N.[Na+].[Na+]. The van der Waals surface area contributed by atoms with Gasteiger partial charge in [-0.15, -0.1) is 0 Å². The van der Waals surface area contributed by atoms with E-state index >= 15 is 0 Å². The molecule has 35 heavy (non-hydrogen) atoms. The molecule has 0 unspecified atom stereocenters. The molecule has 5 N–H and O–H groups in total. The number of fused-ring (bicyclic) bond motifs is 1. The van der Waals surface area contributed by atoms with Crippen molar-refractivity contribution in [2.45, 2.75) is 21.6 Å². The Balaban J connectivity index is 0.00000306. The summed E-state index contributed by atoms with van der Waals surface area (Å²) in [5, 5.41) is 11.2. The Kier molecular flexibility index (Phi) is 10.2. The zero-order chi connectivity index (χ0) is 24.9. The first-order valence-corrected chi connectivity index (χ1v) is 13.0. The van der Waals surface area contributed by atoms with Gasteiger partial charge in [-0.25, -0.2) is 0 Å². The summed E-state index contributed by atoms with van der Waals surface area (Å²) < 4.78 is 99.3. The van der Waals surface area contributed by atoms with Crippen molar-refractivity contribution in [1.29, 1.82) is 0 Å². The minimum absolute atomic E-state index is 0. The second-order valence-electron chi connectivity index (χ2n) is 6.84. The molecule has 0 saturated heterocycles. The summed E-state index contributed by atoms with van der Waals surface area (Å²) in [6, 6.07) is 6.74. The number of nitrogens with two attached hydrogens (primary N) is 1. The summed E-state index contributed by atoms with van der Waals surface area (Å²) in [4.78, 5) is 0.531. The molecule has 3 rings (SSSR count). The largest absolute Gasteiger partial charge is 1.00 e. The third-order valence-corrected chi connectivity index (χ3v) is 7.21. The van der Waals surface area contributed by atoms with E-state index in [0.717, 1.165) is 12.1 Å². The normalized spacial score (nSPS) is 12.6. The Morgan fingerprint density at radius 1 is 0.829 bits per heavy atom. The average Bonchev–Trinajstić information content (AvgIpc) is 2.66. The van der Waals surface area contributed by atoms with Crippen LogP contribution in [0.4, 0.5) is 11.4 Å². The van der Waals surface area contributed by atoms with Crippen molar-refractivity contribution in [3.8, 4) is 0 Å². The molecule has 3 aromatic rings. The third kappa shape index (κ3) is 7.03. The fraction of sp³-hybridized carbons (Fsp3) is 0.0556. The summed E-state index contributed by atoms with van der Waals surface area (Å²) in [5.41, 5.74) is 6.22. The molecular formula is C18H15N2Na2O10S3+. The van der Waals surface area contributed by atoms with Gasteiger partial charge in [0.25, 0.3) is 30.4 Å². The van der Waals surface area contributed by atoms with E-state index in [1.165, 1.54) is 18.2 Å². The molecule has 0 aliphatic carbocycles. The van der Waals surface area contributed by atoms with Gasteiger partial charge in [0.2, 0.25) is 0 Å². The van der Waals surface area contributed by atoms with E-state index in [1.54, 1.807) is 6.92 Å². The first kappa shape index (κ1) is 31.9. The van der Waals surface area contributed by atoms with Crippen LogP contribution in [0.5, 0.6) is 0 Å². The molecule has 0 amide bonds. The summed E-state index contributed by atoms with van der Waals surface area (Å²) in [5.74, 6) is -0.928. The van der Waals surface area contributed by atoms with Gasteiger partial charge in [-0.05, 0) is 54.3 Å². The number of nitrogens with zero attached hydrogens (tertiary/aromatic N) is 1. The van der Waals surface area contributed by atoms with Crippen LogP contribution in [0, 0.1) is 6.92 Å². The number of hydrogen-bond acceptors (Lipinski definition) is 9. The summed E-state index contributed by atoms with van der Waals surface area (Å²) >= 11 is 0. The van der Waals surface area contributed by atoms with E-state index in [4.69, 9.17) is 5.73 Å². The molecule has 0 bridgehead atoms. The minimum Gasteiger partial charge on any atom is -0.858 e. The number of anilines is 1. The van der Waals surface area contributed by atoms with Crippen LogP contribution in [0.2, 0.25) is 0 Å². The Bertz CT molecular complexity index is 1670. The fourth-order valence-corrected chi connectivity index (χ4v) is 5.03. The molecule has 0 aliphatic rings. The summed E-state index contributed by atoms with van der Waals surface area (Å²) in [6.07, 6.45) is 0. The van der Waals surface area contributed by atoms with Gasteiger partial charge in [-0.3, -0.25) is 18.7 Å². The maximum absolute atomic E-state index is 12.7. The Morgan fingerprint density at radius 2 is 1.40 bits per heavy atom. The molecule has 0 radical (unpaired) electrons. The Hall–Kier alpha value is -1.08. The van der Waals surface area contributed by atoms with Crippen LogP contribution in [0.1, 0.15) is 11.1 Å². The molecule has 0 aliphatic heterocycles. The molecule has 0 atom stereocenters. The van der Waals surface area contributed by atoms with Gasteiger partial charge >= 0.3 is 59.1 Å². The standard InChI is InChI=1S/C18H16N2O10S3.2Na/c1-9-2-3-10(6-13(9)19)18(21)20-14-4-5-15(32(25,26)27)12-7-11(31(22,23)24)8-16(17(12)14)33(28,29)30;;/h2-8H,19H2,1H3,(H,20,21)(H,22,23,24)(H,25,26,27)(H,28,29,30);;/q;2*+1/p-1. The predicted molar refractivity (Wildman–Crippen MR) is 115 cm³/mol. The minimum atomic E-state index is -5.25. The van der Waals surface area contributed by atoms with Crippen molar-refractivity contribution in [2.75, 3.05) is 5.73 Å². The molecule has 0 spiro atoms. The maximum atomic E-state index is 12.7. The Labute approximate surface area is 245 Å². The number of aryl methyl sites for hydroxylation is 1.